The molecule has 1 rings (SSSR count). The lowest BCUT2D eigenvalue weighted by Gasteiger charge is -2.43. The van der Waals surface area contributed by atoms with Gasteiger partial charge in [0.15, 0.2) is 11.6 Å². The van der Waals surface area contributed by atoms with Gasteiger partial charge in [0.2, 0.25) is 0 Å². The van der Waals surface area contributed by atoms with Crippen LogP contribution in [0.3, 0.4) is 0 Å². The normalized spacial score (nSPS) is 30.4. The van der Waals surface area contributed by atoms with Crippen molar-refractivity contribution in [3.05, 3.63) is 23.3 Å². The Morgan fingerprint density at radius 1 is 1.39 bits per heavy atom. The fourth-order valence-corrected chi connectivity index (χ4v) is 3.92. The van der Waals surface area contributed by atoms with Crippen LogP contribution in [0.1, 0.15) is 54.9 Å². The van der Waals surface area contributed by atoms with Crippen LogP contribution < -0.4 is 0 Å². The predicted molar refractivity (Wildman–Crippen MR) is 94.0 cm³/mol. The molecule has 1 N–H and O–H groups in total. The summed E-state index contributed by atoms with van der Waals surface area (Å²) in [4.78, 5) is 25.9. The van der Waals surface area contributed by atoms with Crippen LogP contribution in [-0.2, 0) is 9.59 Å². The molecule has 0 radical (unpaired) electrons. The van der Waals surface area contributed by atoms with Crippen molar-refractivity contribution >= 4 is 11.6 Å². The number of rotatable bonds is 6. The molecule has 0 aliphatic heterocycles. The molecule has 1 aliphatic rings. The Bertz CT molecular complexity index is 527. The van der Waals surface area contributed by atoms with Gasteiger partial charge in [0.1, 0.15) is 0 Å². The maximum Gasteiger partial charge on any atom is 0.172 e. The van der Waals surface area contributed by atoms with Gasteiger partial charge in [-0.05, 0) is 44.6 Å². The minimum Gasteiger partial charge on any atom is -0.396 e. The van der Waals surface area contributed by atoms with Gasteiger partial charge in [0, 0.05) is 11.8 Å². The first kappa shape index (κ1) is 19.8. The molecule has 23 heavy (non-hydrogen) atoms. The van der Waals surface area contributed by atoms with Crippen LogP contribution in [0.25, 0.3) is 0 Å². The summed E-state index contributed by atoms with van der Waals surface area (Å²) in [5.74, 6) is -0.248. The lowest BCUT2D eigenvalue weighted by atomic mass is 9.57. The van der Waals surface area contributed by atoms with E-state index < -0.39 is 11.3 Å². The number of hydrogen-bond acceptors (Lipinski definition) is 3. The number of aliphatic hydroxyl groups excluding tert-OH is 1. The summed E-state index contributed by atoms with van der Waals surface area (Å²) >= 11 is 0. The van der Waals surface area contributed by atoms with Gasteiger partial charge < -0.3 is 5.11 Å². The number of hydrogen-bond donors (Lipinski definition) is 1. The lowest BCUT2D eigenvalue weighted by molar-refractivity contribution is -0.145. The van der Waals surface area contributed by atoms with E-state index in [1.165, 1.54) is 0 Å². The average molecular weight is 320 g/mol. The highest BCUT2D eigenvalue weighted by Crippen LogP contribution is 2.47. The first-order valence-electron chi connectivity index (χ1n) is 8.62. The largest absolute Gasteiger partial charge is 0.396 e. The molecule has 0 aromatic carbocycles. The molecule has 0 unspecified atom stereocenters. The maximum atomic E-state index is 13.0. The number of aliphatic hydroxyl groups is 1. The first-order chi connectivity index (χ1) is 10.6. The minimum atomic E-state index is -1.09. The van der Waals surface area contributed by atoms with Crippen molar-refractivity contribution in [2.24, 2.45) is 29.1 Å². The Morgan fingerprint density at radius 3 is 2.43 bits per heavy atom. The molecule has 4 atom stereocenters. The van der Waals surface area contributed by atoms with E-state index in [-0.39, 0.29) is 30.0 Å². The number of carbonyl (C=O) groups excluding carboxylic acids is 2. The summed E-state index contributed by atoms with van der Waals surface area (Å²) in [5.41, 5.74) is 0.675. The first-order valence-corrected chi connectivity index (χ1v) is 8.62. The van der Waals surface area contributed by atoms with Crippen molar-refractivity contribution in [1.29, 1.82) is 0 Å². The molecule has 0 amide bonds. The number of carbonyl (C=O) groups is 2. The summed E-state index contributed by atoms with van der Waals surface area (Å²) < 4.78 is 0. The molecular formula is C20H32O3. The SMILES string of the molecule is CC1=C[C@@H](C)[C@@H](/C(C)=C/CC(C)C)[C@@](C)(C(=O)[C@@H](C)CO)C1=O. The molecule has 3 nitrogen and oxygen atoms in total. The standard InChI is InChI=1S/C20H32O3/c1-12(2)8-9-13(3)17-14(4)10-15(5)18(22)20(17,7)19(23)16(6)11-21/h9-10,12,14,16-17,21H,8,11H2,1-7H3/b13-9+/t14-,16+,17-,20-/m1/s1. The van der Waals surface area contributed by atoms with Crippen molar-refractivity contribution in [3.8, 4) is 0 Å². The van der Waals surface area contributed by atoms with Crippen LogP contribution >= 0.6 is 0 Å². The summed E-state index contributed by atoms with van der Waals surface area (Å²) in [5, 5.41) is 9.41. The molecular weight excluding hydrogens is 288 g/mol. The van der Waals surface area contributed by atoms with Gasteiger partial charge in [-0.1, -0.05) is 45.4 Å². The Labute approximate surface area is 140 Å². The molecule has 0 aromatic rings. The van der Waals surface area contributed by atoms with E-state index in [2.05, 4.69) is 26.8 Å². The van der Waals surface area contributed by atoms with Gasteiger partial charge in [-0.2, -0.15) is 0 Å². The van der Waals surface area contributed by atoms with Gasteiger partial charge in [0.25, 0.3) is 0 Å². The highest BCUT2D eigenvalue weighted by Gasteiger charge is 2.53. The van der Waals surface area contributed by atoms with Crippen LogP contribution in [0.4, 0.5) is 0 Å². The second kappa shape index (κ2) is 7.57. The molecule has 0 bridgehead atoms. The molecule has 1 aliphatic carbocycles. The zero-order chi connectivity index (χ0) is 17.9. The third-order valence-electron chi connectivity index (χ3n) is 5.13. The summed E-state index contributed by atoms with van der Waals surface area (Å²) in [6.07, 6.45) is 5.09. The monoisotopic (exact) mass is 320 g/mol. The third-order valence-corrected chi connectivity index (χ3v) is 5.13. The molecule has 0 saturated carbocycles. The zero-order valence-electron chi connectivity index (χ0n) is 15.6. The van der Waals surface area contributed by atoms with E-state index >= 15 is 0 Å². The average Bonchev–Trinajstić information content (AvgIpc) is 2.49. The van der Waals surface area contributed by atoms with Crippen molar-refractivity contribution in [2.75, 3.05) is 6.61 Å². The van der Waals surface area contributed by atoms with E-state index in [0.29, 0.717) is 11.5 Å². The maximum absolute atomic E-state index is 13.0. The summed E-state index contributed by atoms with van der Waals surface area (Å²) in [7, 11) is 0. The minimum absolute atomic E-state index is 0.0943. The number of ketones is 2. The lowest BCUT2D eigenvalue weighted by Crippen LogP contribution is -2.51. The molecule has 0 aromatic heterocycles. The van der Waals surface area contributed by atoms with Crippen LogP contribution in [0.2, 0.25) is 0 Å². The second-order valence-corrected chi connectivity index (χ2v) is 7.74. The van der Waals surface area contributed by atoms with Gasteiger partial charge in [-0.3, -0.25) is 9.59 Å². The number of Topliss-reactive ketones (excluding diaryl/α,β-unsaturated/α-hetero) is 2. The van der Waals surface area contributed by atoms with Gasteiger partial charge >= 0.3 is 0 Å². The van der Waals surface area contributed by atoms with Crippen LogP contribution in [-0.4, -0.2) is 23.3 Å². The Morgan fingerprint density at radius 2 is 1.96 bits per heavy atom. The van der Waals surface area contributed by atoms with Crippen LogP contribution in [0.5, 0.6) is 0 Å². The molecule has 130 valence electrons. The number of allylic oxidation sites excluding steroid dienone is 4. The van der Waals surface area contributed by atoms with E-state index in [0.717, 1.165) is 12.0 Å². The molecule has 0 fully saturated rings. The highest BCUT2D eigenvalue weighted by atomic mass is 16.3. The van der Waals surface area contributed by atoms with Gasteiger partial charge in [-0.25, -0.2) is 0 Å². The van der Waals surface area contributed by atoms with E-state index in [9.17, 15) is 14.7 Å². The Kier molecular flexibility index (Phi) is 6.52. The van der Waals surface area contributed by atoms with E-state index in [4.69, 9.17) is 0 Å². The van der Waals surface area contributed by atoms with Gasteiger partial charge in [0.05, 0.1) is 12.0 Å². The quantitative estimate of drug-likeness (QED) is 0.595. The molecule has 3 heteroatoms. The smallest absolute Gasteiger partial charge is 0.172 e. The van der Waals surface area contributed by atoms with Crippen molar-refractivity contribution in [1.82, 2.24) is 0 Å². The van der Waals surface area contributed by atoms with Crippen molar-refractivity contribution in [3.63, 3.8) is 0 Å². The van der Waals surface area contributed by atoms with Crippen LogP contribution in [0, 0.1) is 29.1 Å². The molecule has 0 saturated heterocycles. The fraction of sp³-hybridized carbons (Fsp3) is 0.700. The van der Waals surface area contributed by atoms with E-state index in [1.807, 2.05) is 13.0 Å². The van der Waals surface area contributed by atoms with Crippen molar-refractivity contribution < 1.29 is 14.7 Å². The van der Waals surface area contributed by atoms with E-state index in [1.54, 1.807) is 20.8 Å². The van der Waals surface area contributed by atoms with Gasteiger partial charge in [-0.15, -0.1) is 0 Å². The van der Waals surface area contributed by atoms with Crippen LogP contribution in [0.15, 0.2) is 23.3 Å². The molecule has 0 spiro atoms. The Balaban J connectivity index is 3.39. The predicted octanol–water partition coefficient (Wildman–Crippen LogP) is 3.96. The third kappa shape index (κ3) is 3.82. The summed E-state index contributed by atoms with van der Waals surface area (Å²) in [6.45, 7) is 13.4. The summed E-state index contributed by atoms with van der Waals surface area (Å²) in [6, 6.07) is 0. The Hall–Kier alpha value is -1.22. The second-order valence-electron chi connectivity index (χ2n) is 7.74. The zero-order valence-corrected chi connectivity index (χ0v) is 15.6. The topological polar surface area (TPSA) is 54.4 Å². The fourth-order valence-electron chi connectivity index (χ4n) is 3.92. The molecule has 0 heterocycles. The van der Waals surface area contributed by atoms with Crippen molar-refractivity contribution in [2.45, 2.75) is 54.9 Å². The highest BCUT2D eigenvalue weighted by molar-refractivity contribution is 6.15.